The molecule has 2 heterocycles. The van der Waals surface area contributed by atoms with Gasteiger partial charge in [-0.3, -0.25) is 9.89 Å². The molecule has 0 amide bonds. The number of aromatic amines is 1. The van der Waals surface area contributed by atoms with E-state index in [1.807, 2.05) is 31.2 Å². The highest BCUT2D eigenvalue weighted by Crippen LogP contribution is 2.23. The lowest BCUT2D eigenvalue weighted by Gasteiger charge is -2.09. The van der Waals surface area contributed by atoms with Gasteiger partial charge in [-0.05, 0) is 12.5 Å². The number of rotatable bonds is 2. The fourth-order valence-electron chi connectivity index (χ4n) is 2.38. The number of fused-ring (bicyclic) bond motifs is 3. The summed E-state index contributed by atoms with van der Waals surface area (Å²) in [7, 11) is 0. The molecule has 2 aromatic heterocycles. The summed E-state index contributed by atoms with van der Waals surface area (Å²) >= 11 is 0. The van der Waals surface area contributed by atoms with Gasteiger partial charge >= 0.3 is 0 Å². The molecule has 0 aliphatic carbocycles. The summed E-state index contributed by atoms with van der Waals surface area (Å²) < 4.78 is 1.77. The molecule has 0 atom stereocenters. The van der Waals surface area contributed by atoms with Crippen molar-refractivity contribution in [1.29, 1.82) is 0 Å². The Morgan fingerprint density at radius 1 is 1.39 bits per heavy atom. The number of para-hydroxylation sites is 1. The number of aryl methyl sites for hydroxylation is 1. The van der Waals surface area contributed by atoms with Gasteiger partial charge in [-0.2, -0.15) is 5.10 Å². The molecule has 18 heavy (non-hydrogen) atoms. The number of hydrogen-bond acceptors (Lipinski definition) is 3. The summed E-state index contributed by atoms with van der Waals surface area (Å²) in [6.45, 7) is 2.73. The molecular weight excluding hydrogens is 228 g/mol. The zero-order valence-electron chi connectivity index (χ0n) is 10.1. The predicted molar refractivity (Wildman–Crippen MR) is 72.6 cm³/mol. The van der Waals surface area contributed by atoms with Crippen LogP contribution in [0.15, 0.2) is 29.1 Å². The number of benzene rings is 1. The Kier molecular flexibility index (Phi) is 2.33. The Bertz CT molecular complexity index is 785. The van der Waals surface area contributed by atoms with Crippen molar-refractivity contribution in [3.05, 3.63) is 34.6 Å². The molecule has 5 nitrogen and oxygen atoms in total. The van der Waals surface area contributed by atoms with Crippen LogP contribution in [0.25, 0.3) is 21.8 Å². The van der Waals surface area contributed by atoms with Crippen LogP contribution in [0.4, 0.5) is 5.82 Å². The van der Waals surface area contributed by atoms with Crippen LogP contribution in [0, 0.1) is 0 Å². The molecule has 0 bridgehead atoms. The smallest absolute Gasteiger partial charge is 0.264 e. The number of nitrogens with one attached hydrogen (secondary N) is 1. The molecule has 0 saturated heterocycles. The second-order valence-corrected chi connectivity index (χ2v) is 4.33. The fourth-order valence-corrected chi connectivity index (χ4v) is 2.38. The first-order chi connectivity index (χ1) is 8.74. The molecule has 0 aliphatic heterocycles. The van der Waals surface area contributed by atoms with Crippen molar-refractivity contribution in [2.45, 2.75) is 19.9 Å². The maximum absolute atomic E-state index is 12.4. The lowest BCUT2D eigenvalue weighted by Crippen LogP contribution is -2.21. The molecule has 1 aromatic carbocycles. The molecule has 0 fully saturated rings. The third kappa shape index (κ3) is 1.33. The van der Waals surface area contributed by atoms with Crippen molar-refractivity contribution in [2.24, 2.45) is 0 Å². The Hall–Kier alpha value is -2.30. The first kappa shape index (κ1) is 10.8. The summed E-state index contributed by atoms with van der Waals surface area (Å²) in [5, 5.41) is 8.26. The van der Waals surface area contributed by atoms with Gasteiger partial charge in [0.25, 0.3) is 5.56 Å². The number of anilines is 1. The maximum Gasteiger partial charge on any atom is 0.264 e. The molecule has 92 valence electrons. The maximum atomic E-state index is 12.4. The second kappa shape index (κ2) is 3.87. The quantitative estimate of drug-likeness (QED) is 0.720. The summed E-state index contributed by atoms with van der Waals surface area (Å²) in [6.07, 6.45) is 0.896. The van der Waals surface area contributed by atoms with Crippen LogP contribution in [0.2, 0.25) is 0 Å². The van der Waals surface area contributed by atoms with Crippen molar-refractivity contribution in [3.63, 3.8) is 0 Å². The first-order valence-electron chi connectivity index (χ1n) is 5.99. The number of nitrogens with zero attached hydrogens (tertiary/aromatic N) is 2. The third-order valence-corrected chi connectivity index (χ3v) is 3.16. The van der Waals surface area contributed by atoms with Gasteiger partial charge in [0.2, 0.25) is 0 Å². The molecule has 0 spiro atoms. The normalized spacial score (nSPS) is 11.4. The van der Waals surface area contributed by atoms with Crippen LogP contribution < -0.4 is 11.3 Å². The van der Waals surface area contributed by atoms with E-state index in [-0.39, 0.29) is 11.4 Å². The monoisotopic (exact) mass is 242 g/mol. The highest BCUT2D eigenvalue weighted by atomic mass is 16.1. The standard InChI is InChI=1S/C13H14N4O/c1-2-7-17-9-6-4-3-5-8(9)11-10(13(17)18)12(14)16-15-11/h3-6H,2,7H2,1H3,(H3,14,15,16). The molecule has 3 N–H and O–H groups in total. The molecule has 0 radical (unpaired) electrons. The van der Waals surface area contributed by atoms with Crippen molar-refractivity contribution in [1.82, 2.24) is 14.8 Å². The van der Waals surface area contributed by atoms with Crippen LogP contribution >= 0.6 is 0 Å². The van der Waals surface area contributed by atoms with Crippen LogP contribution in [-0.4, -0.2) is 14.8 Å². The largest absolute Gasteiger partial charge is 0.382 e. The zero-order valence-corrected chi connectivity index (χ0v) is 10.1. The summed E-state index contributed by atoms with van der Waals surface area (Å²) in [5.41, 5.74) is 7.34. The first-order valence-corrected chi connectivity index (χ1v) is 5.99. The van der Waals surface area contributed by atoms with E-state index in [0.29, 0.717) is 11.9 Å². The number of H-pyrrole nitrogens is 1. The number of nitrogens with two attached hydrogens (primary N) is 1. The van der Waals surface area contributed by atoms with Gasteiger partial charge in [-0.1, -0.05) is 25.1 Å². The van der Waals surface area contributed by atoms with Gasteiger partial charge in [0.15, 0.2) is 5.82 Å². The summed E-state index contributed by atoms with van der Waals surface area (Å²) in [4.78, 5) is 12.4. The van der Waals surface area contributed by atoms with Crippen LogP contribution in [0.5, 0.6) is 0 Å². The average molecular weight is 242 g/mol. The Morgan fingerprint density at radius 2 is 2.17 bits per heavy atom. The Morgan fingerprint density at radius 3 is 2.94 bits per heavy atom. The number of hydrogen-bond donors (Lipinski definition) is 2. The molecule has 0 aliphatic rings. The van der Waals surface area contributed by atoms with E-state index < -0.39 is 0 Å². The zero-order chi connectivity index (χ0) is 12.7. The number of aromatic nitrogens is 3. The SMILES string of the molecule is CCCn1c(=O)c2c(N)n[nH]c2c2ccccc21. The average Bonchev–Trinajstić information content (AvgIpc) is 2.77. The molecule has 0 unspecified atom stereocenters. The number of nitrogen functional groups attached to an aromatic ring is 1. The van der Waals surface area contributed by atoms with Gasteiger partial charge < -0.3 is 10.3 Å². The second-order valence-electron chi connectivity index (χ2n) is 4.33. The fraction of sp³-hybridized carbons (Fsp3) is 0.231. The molecule has 3 aromatic rings. The van der Waals surface area contributed by atoms with E-state index in [0.717, 1.165) is 22.8 Å². The Labute approximate surface area is 103 Å². The van der Waals surface area contributed by atoms with Crippen molar-refractivity contribution >= 4 is 27.6 Å². The summed E-state index contributed by atoms with van der Waals surface area (Å²) in [5.74, 6) is 0.269. The highest BCUT2D eigenvalue weighted by molar-refractivity contribution is 6.06. The van der Waals surface area contributed by atoms with E-state index in [9.17, 15) is 4.79 Å². The van der Waals surface area contributed by atoms with E-state index in [1.165, 1.54) is 0 Å². The van der Waals surface area contributed by atoms with E-state index in [1.54, 1.807) is 4.57 Å². The van der Waals surface area contributed by atoms with E-state index >= 15 is 0 Å². The molecule has 3 rings (SSSR count). The minimum atomic E-state index is -0.0724. The van der Waals surface area contributed by atoms with Gasteiger partial charge in [0.1, 0.15) is 5.39 Å². The van der Waals surface area contributed by atoms with Crippen LogP contribution in [0.3, 0.4) is 0 Å². The van der Waals surface area contributed by atoms with E-state index in [2.05, 4.69) is 10.2 Å². The topological polar surface area (TPSA) is 76.7 Å². The molecule has 5 heteroatoms. The van der Waals surface area contributed by atoms with Crippen molar-refractivity contribution < 1.29 is 0 Å². The predicted octanol–water partition coefficient (Wildman–Crippen LogP) is 1.87. The highest BCUT2D eigenvalue weighted by Gasteiger charge is 2.14. The lowest BCUT2D eigenvalue weighted by atomic mass is 10.1. The van der Waals surface area contributed by atoms with Gasteiger partial charge in [-0.25, -0.2) is 0 Å². The number of pyridine rings is 1. The van der Waals surface area contributed by atoms with Gasteiger partial charge in [-0.15, -0.1) is 0 Å². The minimum Gasteiger partial charge on any atom is -0.382 e. The van der Waals surface area contributed by atoms with Crippen molar-refractivity contribution in [3.8, 4) is 0 Å². The van der Waals surface area contributed by atoms with Crippen molar-refractivity contribution in [2.75, 3.05) is 5.73 Å². The van der Waals surface area contributed by atoms with E-state index in [4.69, 9.17) is 5.73 Å². The van der Waals surface area contributed by atoms with Crippen LogP contribution in [-0.2, 0) is 6.54 Å². The lowest BCUT2D eigenvalue weighted by molar-refractivity contribution is 0.683. The third-order valence-electron chi connectivity index (χ3n) is 3.16. The van der Waals surface area contributed by atoms with Crippen LogP contribution in [0.1, 0.15) is 13.3 Å². The molecule has 0 saturated carbocycles. The minimum absolute atomic E-state index is 0.0724. The Balaban J connectivity index is 2.59. The van der Waals surface area contributed by atoms with Gasteiger partial charge in [0.05, 0.1) is 11.0 Å². The summed E-state index contributed by atoms with van der Waals surface area (Å²) in [6, 6.07) is 7.79. The van der Waals surface area contributed by atoms with Gasteiger partial charge in [0, 0.05) is 11.9 Å². The molecular formula is C13H14N4O.